The van der Waals surface area contributed by atoms with Gasteiger partial charge in [0.05, 0.1) is 5.69 Å². The van der Waals surface area contributed by atoms with Crippen molar-refractivity contribution in [2.45, 2.75) is 52.1 Å². The first-order chi connectivity index (χ1) is 15.7. The second-order valence-electron chi connectivity index (χ2n) is 8.84. The standard InChI is InChI=1S/C29H30N2O/c1-21-15-16-22(2)31(21)29-14-8-13-28(30-29)26-18-17-25(19-27(26)24-11-6-7-12-24)32-20-23-9-4-3-5-10-23/h3-5,8-10,13-19,24H,6-7,11-12,20H2,1-2H3. The number of benzene rings is 2. The molecule has 1 fully saturated rings. The molecule has 0 bridgehead atoms. The van der Waals surface area contributed by atoms with E-state index >= 15 is 0 Å². The van der Waals surface area contributed by atoms with E-state index in [2.05, 4.69) is 91.2 Å². The van der Waals surface area contributed by atoms with Gasteiger partial charge in [-0.1, -0.05) is 49.2 Å². The van der Waals surface area contributed by atoms with Crippen molar-refractivity contribution >= 4 is 0 Å². The summed E-state index contributed by atoms with van der Waals surface area (Å²) in [5.41, 5.74) is 7.23. The summed E-state index contributed by atoms with van der Waals surface area (Å²) in [7, 11) is 0. The molecule has 2 heterocycles. The molecule has 2 aromatic carbocycles. The van der Waals surface area contributed by atoms with Gasteiger partial charge in [0.15, 0.2) is 0 Å². The highest BCUT2D eigenvalue weighted by Gasteiger charge is 2.22. The third-order valence-electron chi connectivity index (χ3n) is 6.58. The smallest absolute Gasteiger partial charge is 0.137 e. The lowest BCUT2D eigenvalue weighted by Gasteiger charge is -2.18. The van der Waals surface area contributed by atoms with Crippen LogP contribution in [0, 0.1) is 13.8 Å². The summed E-state index contributed by atoms with van der Waals surface area (Å²) in [6.45, 7) is 4.85. The van der Waals surface area contributed by atoms with Crippen LogP contribution in [0.5, 0.6) is 5.75 Å². The van der Waals surface area contributed by atoms with E-state index in [9.17, 15) is 0 Å². The lowest BCUT2D eigenvalue weighted by atomic mass is 9.91. The first kappa shape index (κ1) is 20.6. The van der Waals surface area contributed by atoms with Crippen LogP contribution in [0.3, 0.4) is 0 Å². The van der Waals surface area contributed by atoms with Crippen LogP contribution in [0.2, 0.25) is 0 Å². The first-order valence-corrected chi connectivity index (χ1v) is 11.6. The van der Waals surface area contributed by atoms with Crippen molar-refractivity contribution in [3.05, 3.63) is 101 Å². The average Bonchev–Trinajstić information content (AvgIpc) is 3.48. The average molecular weight is 423 g/mol. The van der Waals surface area contributed by atoms with Gasteiger partial charge < -0.3 is 9.30 Å². The first-order valence-electron chi connectivity index (χ1n) is 11.6. The normalized spacial score (nSPS) is 14.1. The fraction of sp³-hybridized carbons (Fsp3) is 0.276. The van der Waals surface area contributed by atoms with Gasteiger partial charge in [-0.15, -0.1) is 0 Å². The zero-order chi connectivity index (χ0) is 21.9. The summed E-state index contributed by atoms with van der Waals surface area (Å²) < 4.78 is 8.39. The van der Waals surface area contributed by atoms with Crippen LogP contribution >= 0.6 is 0 Å². The molecule has 0 unspecified atom stereocenters. The topological polar surface area (TPSA) is 27.1 Å². The predicted molar refractivity (Wildman–Crippen MR) is 130 cm³/mol. The quantitative estimate of drug-likeness (QED) is 0.324. The van der Waals surface area contributed by atoms with Crippen LogP contribution in [0.4, 0.5) is 0 Å². The lowest BCUT2D eigenvalue weighted by molar-refractivity contribution is 0.306. The van der Waals surface area contributed by atoms with Crippen molar-refractivity contribution in [1.82, 2.24) is 9.55 Å². The Labute approximate surface area is 190 Å². The van der Waals surface area contributed by atoms with Gasteiger partial charge in [-0.2, -0.15) is 0 Å². The minimum absolute atomic E-state index is 0.575. The van der Waals surface area contributed by atoms with Crippen LogP contribution in [0.25, 0.3) is 17.1 Å². The highest BCUT2D eigenvalue weighted by Crippen LogP contribution is 2.40. The highest BCUT2D eigenvalue weighted by atomic mass is 16.5. The minimum atomic E-state index is 0.575. The summed E-state index contributed by atoms with van der Waals surface area (Å²) in [6.07, 6.45) is 5.08. The molecular weight excluding hydrogens is 392 g/mol. The summed E-state index contributed by atoms with van der Waals surface area (Å²) in [5, 5.41) is 0. The molecule has 1 saturated carbocycles. The van der Waals surface area contributed by atoms with Crippen LogP contribution in [-0.2, 0) is 6.61 Å². The summed E-state index contributed by atoms with van der Waals surface area (Å²) >= 11 is 0. The molecule has 162 valence electrons. The zero-order valence-electron chi connectivity index (χ0n) is 18.9. The number of aryl methyl sites for hydroxylation is 2. The monoisotopic (exact) mass is 422 g/mol. The number of pyridine rings is 1. The largest absolute Gasteiger partial charge is 0.489 e. The Balaban J connectivity index is 1.50. The molecule has 1 aliphatic carbocycles. The van der Waals surface area contributed by atoms with Gasteiger partial charge >= 0.3 is 0 Å². The van der Waals surface area contributed by atoms with E-state index in [4.69, 9.17) is 9.72 Å². The van der Waals surface area contributed by atoms with Gasteiger partial charge in [-0.25, -0.2) is 4.98 Å². The number of hydrogen-bond acceptors (Lipinski definition) is 2. The zero-order valence-corrected chi connectivity index (χ0v) is 18.9. The van der Waals surface area contributed by atoms with E-state index in [0.717, 1.165) is 17.3 Å². The minimum Gasteiger partial charge on any atom is -0.489 e. The van der Waals surface area contributed by atoms with Gasteiger partial charge in [0.1, 0.15) is 18.2 Å². The fourth-order valence-corrected chi connectivity index (χ4v) is 4.91. The van der Waals surface area contributed by atoms with E-state index < -0.39 is 0 Å². The molecule has 1 aliphatic rings. The van der Waals surface area contributed by atoms with Crippen molar-refractivity contribution in [2.24, 2.45) is 0 Å². The van der Waals surface area contributed by atoms with Crippen molar-refractivity contribution in [3.8, 4) is 22.8 Å². The summed E-state index contributed by atoms with van der Waals surface area (Å²) in [4.78, 5) is 5.08. The maximum Gasteiger partial charge on any atom is 0.137 e. The van der Waals surface area contributed by atoms with Gasteiger partial charge in [-0.3, -0.25) is 0 Å². The van der Waals surface area contributed by atoms with Crippen molar-refractivity contribution < 1.29 is 4.74 Å². The Kier molecular flexibility index (Phi) is 5.81. The molecule has 0 atom stereocenters. The number of rotatable bonds is 6. The number of ether oxygens (including phenoxy) is 1. The van der Waals surface area contributed by atoms with Crippen LogP contribution in [0.15, 0.2) is 78.9 Å². The maximum atomic E-state index is 6.17. The number of hydrogen-bond donors (Lipinski definition) is 0. The third kappa shape index (κ3) is 4.20. The Morgan fingerprint density at radius 1 is 0.844 bits per heavy atom. The molecule has 0 amide bonds. The van der Waals surface area contributed by atoms with Crippen molar-refractivity contribution in [2.75, 3.05) is 0 Å². The molecule has 4 aromatic rings. The molecular formula is C29H30N2O. The van der Waals surface area contributed by atoms with E-state index in [0.29, 0.717) is 12.5 Å². The van der Waals surface area contributed by atoms with Gasteiger partial charge in [0.25, 0.3) is 0 Å². The molecule has 32 heavy (non-hydrogen) atoms. The van der Waals surface area contributed by atoms with E-state index in [1.54, 1.807) is 0 Å². The molecule has 5 rings (SSSR count). The second kappa shape index (κ2) is 9.04. The number of nitrogens with zero attached hydrogens (tertiary/aromatic N) is 2. The van der Waals surface area contributed by atoms with Gasteiger partial charge in [0.2, 0.25) is 0 Å². The third-order valence-corrected chi connectivity index (χ3v) is 6.58. The van der Waals surface area contributed by atoms with Crippen LogP contribution < -0.4 is 4.74 Å². The summed E-state index contributed by atoms with van der Waals surface area (Å²) in [6, 6.07) is 27.5. The highest BCUT2D eigenvalue weighted by molar-refractivity contribution is 5.67. The van der Waals surface area contributed by atoms with Crippen molar-refractivity contribution in [1.29, 1.82) is 0 Å². The maximum absolute atomic E-state index is 6.17. The van der Waals surface area contributed by atoms with Gasteiger partial charge in [0, 0.05) is 17.0 Å². The van der Waals surface area contributed by atoms with Crippen molar-refractivity contribution in [3.63, 3.8) is 0 Å². The molecule has 0 saturated heterocycles. The molecule has 3 nitrogen and oxygen atoms in total. The second-order valence-corrected chi connectivity index (χ2v) is 8.84. The van der Waals surface area contributed by atoms with E-state index in [1.807, 2.05) is 6.07 Å². The SMILES string of the molecule is Cc1ccc(C)n1-c1cccc(-c2ccc(OCc3ccccc3)cc2C2CCCC2)n1. The van der Waals surface area contributed by atoms with Crippen LogP contribution in [0.1, 0.15) is 54.1 Å². The molecule has 0 radical (unpaired) electrons. The van der Waals surface area contributed by atoms with E-state index in [1.165, 1.54) is 53.8 Å². The molecule has 2 aromatic heterocycles. The number of aromatic nitrogens is 2. The molecule has 0 spiro atoms. The Bertz CT molecular complexity index is 1180. The van der Waals surface area contributed by atoms with E-state index in [-0.39, 0.29) is 0 Å². The van der Waals surface area contributed by atoms with Crippen LogP contribution in [-0.4, -0.2) is 9.55 Å². The molecule has 0 aliphatic heterocycles. The molecule has 0 N–H and O–H groups in total. The molecule has 3 heteroatoms. The lowest BCUT2D eigenvalue weighted by Crippen LogP contribution is -2.04. The fourth-order valence-electron chi connectivity index (χ4n) is 4.91. The van der Waals surface area contributed by atoms with Gasteiger partial charge in [-0.05, 0) is 86.2 Å². The Morgan fingerprint density at radius 2 is 1.59 bits per heavy atom. The predicted octanol–water partition coefficient (Wildman–Crippen LogP) is 7.39. The Morgan fingerprint density at radius 3 is 2.34 bits per heavy atom. The Hall–Kier alpha value is -3.33. The summed E-state index contributed by atoms with van der Waals surface area (Å²) in [5.74, 6) is 2.49.